The van der Waals surface area contributed by atoms with Crippen LogP contribution in [-0.2, 0) is 10.3 Å². The topological polar surface area (TPSA) is 49.3 Å². The Morgan fingerprint density at radius 3 is 2.47 bits per heavy atom. The van der Waals surface area contributed by atoms with Gasteiger partial charge in [0.15, 0.2) is 0 Å². The van der Waals surface area contributed by atoms with Crippen LogP contribution in [0.5, 0.6) is 0 Å². The van der Waals surface area contributed by atoms with Crippen molar-refractivity contribution in [3.8, 4) is 0 Å². The van der Waals surface area contributed by atoms with E-state index in [0.29, 0.717) is 0 Å². The van der Waals surface area contributed by atoms with Gasteiger partial charge in [-0.05, 0) is 38.9 Å². The first-order valence-electron chi connectivity index (χ1n) is 4.92. The summed E-state index contributed by atoms with van der Waals surface area (Å²) in [6, 6.07) is 5.85. The highest BCUT2D eigenvalue weighted by Gasteiger charge is 2.34. The number of likely N-dealkylation sites (N-methyl/N-ethyl adjacent to an activating group) is 1. The summed E-state index contributed by atoms with van der Waals surface area (Å²) in [5.41, 5.74) is 1.85. The monoisotopic (exact) mass is 207 g/mol. The Balaban J connectivity index is 3.35. The molecule has 3 nitrogen and oxygen atoms in total. The molecule has 0 saturated heterocycles. The number of aliphatic carboxylic acids is 1. The van der Waals surface area contributed by atoms with E-state index in [0.717, 1.165) is 16.7 Å². The first-order chi connectivity index (χ1) is 6.91. The van der Waals surface area contributed by atoms with Crippen molar-refractivity contribution < 1.29 is 9.90 Å². The van der Waals surface area contributed by atoms with Crippen molar-refractivity contribution in [3.63, 3.8) is 0 Å². The van der Waals surface area contributed by atoms with E-state index in [2.05, 4.69) is 5.32 Å². The van der Waals surface area contributed by atoms with Crippen molar-refractivity contribution in [1.29, 1.82) is 0 Å². The van der Waals surface area contributed by atoms with Crippen LogP contribution < -0.4 is 5.32 Å². The zero-order chi connectivity index (χ0) is 11.6. The average molecular weight is 207 g/mol. The Hall–Kier alpha value is -1.35. The molecule has 82 valence electrons. The molecule has 0 saturated carbocycles. The maximum Gasteiger partial charge on any atom is 0.328 e. The molecule has 1 rings (SSSR count). The van der Waals surface area contributed by atoms with Crippen LogP contribution in [0.1, 0.15) is 23.6 Å². The average Bonchev–Trinajstić information content (AvgIpc) is 2.20. The number of hydrogen-bond acceptors (Lipinski definition) is 2. The van der Waals surface area contributed by atoms with Gasteiger partial charge in [-0.15, -0.1) is 0 Å². The highest BCUT2D eigenvalue weighted by atomic mass is 16.4. The maximum absolute atomic E-state index is 11.3. The van der Waals surface area contributed by atoms with Crippen LogP contribution in [0.4, 0.5) is 0 Å². The van der Waals surface area contributed by atoms with Crippen LogP contribution in [0.3, 0.4) is 0 Å². The SMILES string of the molecule is CN[C@@](C)(C(=O)O)c1cc(C)ccc1C. The Morgan fingerprint density at radius 1 is 1.40 bits per heavy atom. The normalized spacial score (nSPS) is 14.7. The van der Waals surface area contributed by atoms with E-state index in [4.69, 9.17) is 0 Å². The molecule has 3 heteroatoms. The van der Waals surface area contributed by atoms with Gasteiger partial charge in [-0.1, -0.05) is 23.8 Å². The lowest BCUT2D eigenvalue weighted by molar-refractivity contribution is -0.144. The zero-order valence-electron chi connectivity index (χ0n) is 9.59. The largest absolute Gasteiger partial charge is 0.480 e. The molecule has 0 heterocycles. The fraction of sp³-hybridized carbons (Fsp3) is 0.417. The summed E-state index contributed by atoms with van der Waals surface area (Å²) in [6.07, 6.45) is 0. The molecule has 0 amide bonds. The molecule has 0 aliphatic heterocycles. The predicted molar refractivity (Wildman–Crippen MR) is 60.0 cm³/mol. The van der Waals surface area contributed by atoms with Gasteiger partial charge in [0.2, 0.25) is 0 Å². The van der Waals surface area contributed by atoms with E-state index in [1.165, 1.54) is 0 Å². The highest BCUT2D eigenvalue weighted by Crippen LogP contribution is 2.25. The predicted octanol–water partition coefficient (Wildman–Crippen LogP) is 1.82. The third-order valence-electron chi connectivity index (χ3n) is 2.86. The zero-order valence-corrected chi connectivity index (χ0v) is 9.59. The summed E-state index contributed by atoms with van der Waals surface area (Å²) < 4.78 is 0. The van der Waals surface area contributed by atoms with Gasteiger partial charge < -0.3 is 10.4 Å². The second kappa shape index (κ2) is 4.03. The third-order valence-corrected chi connectivity index (χ3v) is 2.86. The summed E-state index contributed by atoms with van der Waals surface area (Å²) in [5, 5.41) is 12.1. The van der Waals surface area contributed by atoms with E-state index in [1.807, 2.05) is 32.0 Å². The summed E-state index contributed by atoms with van der Waals surface area (Å²) in [4.78, 5) is 11.3. The lowest BCUT2D eigenvalue weighted by Gasteiger charge is -2.26. The van der Waals surface area contributed by atoms with Crippen molar-refractivity contribution in [2.45, 2.75) is 26.3 Å². The smallest absolute Gasteiger partial charge is 0.328 e. The van der Waals surface area contributed by atoms with Crippen LogP contribution in [0.2, 0.25) is 0 Å². The minimum Gasteiger partial charge on any atom is -0.480 e. The molecule has 0 unspecified atom stereocenters. The molecule has 2 N–H and O–H groups in total. The number of carbonyl (C=O) groups is 1. The summed E-state index contributed by atoms with van der Waals surface area (Å²) in [7, 11) is 1.66. The first kappa shape index (κ1) is 11.7. The molecule has 0 spiro atoms. The van der Waals surface area contributed by atoms with Crippen molar-refractivity contribution in [3.05, 3.63) is 34.9 Å². The summed E-state index contributed by atoms with van der Waals surface area (Å²) in [5.74, 6) is -0.862. The fourth-order valence-electron chi connectivity index (χ4n) is 1.63. The molecule has 1 aromatic rings. The maximum atomic E-state index is 11.3. The lowest BCUT2D eigenvalue weighted by Crippen LogP contribution is -2.45. The third kappa shape index (κ3) is 2.02. The molecule has 0 aliphatic rings. The van der Waals surface area contributed by atoms with Crippen LogP contribution in [0, 0.1) is 13.8 Å². The Labute approximate surface area is 90.1 Å². The number of rotatable bonds is 3. The Bertz CT molecular complexity index is 387. The van der Waals surface area contributed by atoms with Gasteiger partial charge in [0.05, 0.1) is 0 Å². The standard InChI is InChI=1S/C12H17NO2/c1-8-5-6-9(2)10(7-8)12(3,13-4)11(14)15/h5-7,13H,1-4H3,(H,14,15)/t12-/m1/s1. The van der Waals surface area contributed by atoms with Crippen LogP contribution >= 0.6 is 0 Å². The molecular weight excluding hydrogens is 190 g/mol. The number of aryl methyl sites for hydroxylation is 2. The van der Waals surface area contributed by atoms with Crippen LogP contribution in [0.15, 0.2) is 18.2 Å². The quantitative estimate of drug-likeness (QED) is 0.795. The molecule has 0 fully saturated rings. The van der Waals surface area contributed by atoms with Crippen molar-refractivity contribution in [1.82, 2.24) is 5.32 Å². The van der Waals surface area contributed by atoms with Gasteiger partial charge in [-0.25, -0.2) is 4.79 Å². The van der Waals surface area contributed by atoms with E-state index in [1.54, 1.807) is 14.0 Å². The number of carboxylic acid groups (broad SMARTS) is 1. The van der Waals surface area contributed by atoms with Gasteiger partial charge in [-0.3, -0.25) is 0 Å². The highest BCUT2D eigenvalue weighted by molar-refractivity contribution is 5.80. The Kier molecular flexibility index (Phi) is 3.15. The van der Waals surface area contributed by atoms with Crippen molar-refractivity contribution in [2.75, 3.05) is 7.05 Å². The molecule has 1 aromatic carbocycles. The molecule has 0 aliphatic carbocycles. The van der Waals surface area contributed by atoms with Crippen molar-refractivity contribution >= 4 is 5.97 Å². The van der Waals surface area contributed by atoms with Gasteiger partial charge >= 0.3 is 5.97 Å². The molecule has 15 heavy (non-hydrogen) atoms. The van der Waals surface area contributed by atoms with Gasteiger partial charge in [0, 0.05) is 0 Å². The van der Waals surface area contributed by atoms with Gasteiger partial charge in [-0.2, -0.15) is 0 Å². The van der Waals surface area contributed by atoms with E-state index in [-0.39, 0.29) is 0 Å². The fourth-order valence-corrected chi connectivity index (χ4v) is 1.63. The Morgan fingerprint density at radius 2 is 2.00 bits per heavy atom. The number of carboxylic acids is 1. The van der Waals surface area contributed by atoms with Crippen molar-refractivity contribution in [2.24, 2.45) is 0 Å². The number of benzene rings is 1. The second-order valence-corrected chi connectivity index (χ2v) is 4.00. The number of hydrogen-bond donors (Lipinski definition) is 2. The summed E-state index contributed by atoms with van der Waals surface area (Å²) >= 11 is 0. The summed E-state index contributed by atoms with van der Waals surface area (Å²) in [6.45, 7) is 5.56. The molecule has 1 atom stereocenters. The molecule has 0 aromatic heterocycles. The van der Waals surface area contributed by atoms with Crippen LogP contribution in [0.25, 0.3) is 0 Å². The van der Waals surface area contributed by atoms with Gasteiger partial charge in [0.1, 0.15) is 5.54 Å². The second-order valence-electron chi connectivity index (χ2n) is 4.00. The van der Waals surface area contributed by atoms with E-state index in [9.17, 15) is 9.90 Å². The molecule has 0 radical (unpaired) electrons. The molecule has 0 bridgehead atoms. The van der Waals surface area contributed by atoms with E-state index < -0.39 is 11.5 Å². The lowest BCUT2D eigenvalue weighted by atomic mass is 9.87. The number of nitrogens with one attached hydrogen (secondary N) is 1. The first-order valence-corrected chi connectivity index (χ1v) is 4.92. The minimum atomic E-state index is -1.02. The molecular formula is C12H17NO2. The minimum absolute atomic E-state index is 0.817. The van der Waals surface area contributed by atoms with E-state index >= 15 is 0 Å². The van der Waals surface area contributed by atoms with Gasteiger partial charge in [0.25, 0.3) is 0 Å². The van der Waals surface area contributed by atoms with Crippen LogP contribution in [-0.4, -0.2) is 18.1 Å².